The van der Waals surface area contributed by atoms with Crippen LogP contribution >= 0.6 is 11.3 Å². The van der Waals surface area contributed by atoms with Crippen molar-refractivity contribution < 1.29 is 4.79 Å². The van der Waals surface area contributed by atoms with E-state index < -0.39 is 0 Å². The molecule has 3 rings (SSSR count). The Kier molecular flexibility index (Phi) is 2.99. The van der Waals surface area contributed by atoms with Crippen molar-refractivity contribution in [2.45, 2.75) is 13.8 Å². The highest BCUT2D eigenvalue weighted by molar-refractivity contribution is 7.21. The number of ketones is 1. The second kappa shape index (κ2) is 4.68. The van der Waals surface area contributed by atoms with Crippen molar-refractivity contribution in [1.82, 2.24) is 10.2 Å². The lowest BCUT2D eigenvalue weighted by atomic mass is 10.1. The summed E-state index contributed by atoms with van der Waals surface area (Å²) < 4.78 is 0. The molecule has 0 radical (unpaired) electrons. The van der Waals surface area contributed by atoms with E-state index in [1.807, 2.05) is 32.0 Å². The van der Waals surface area contributed by atoms with E-state index in [0.29, 0.717) is 21.0 Å². The molecule has 0 unspecified atom stereocenters. The average molecular weight is 283 g/mol. The lowest BCUT2D eigenvalue weighted by molar-refractivity contribution is 0.104. The minimum absolute atomic E-state index is 0.0665. The van der Waals surface area contributed by atoms with E-state index in [1.165, 1.54) is 11.3 Å². The Morgan fingerprint density at radius 1 is 1.15 bits per heavy atom. The lowest BCUT2D eigenvalue weighted by Crippen LogP contribution is -2.02. The first-order chi connectivity index (χ1) is 9.59. The van der Waals surface area contributed by atoms with Crippen molar-refractivity contribution in [2.24, 2.45) is 0 Å². The van der Waals surface area contributed by atoms with Crippen LogP contribution in [0.4, 0.5) is 5.69 Å². The first-order valence-electron chi connectivity index (χ1n) is 6.21. The van der Waals surface area contributed by atoms with Gasteiger partial charge in [-0.15, -0.1) is 16.4 Å². The Hall–Kier alpha value is -2.27. The summed E-state index contributed by atoms with van der Waals surface area (Å²) in [6.07, 6.45) is 0. The Morgan fingerprint density at radius 2 is 1.85 bits per heavy atom. The minimum atomic E-state index is -0.0665. The number of hydrogen-bond donors (Lipinski definition) is 1. The molecule has 20 heavy (non-hydrogen) atoms. The second-order valence-electron chi connectivity index (χ2n) is 4.63. The van der Waals surface area contributed by atoms with Crippen molar-refractivity contribution in [3.8, 4) is 0 Å². The van der Waals surface area contributed by atoms with Crippen LogP contribution in [-0.4, -0.2) is 16.0 Å². The molecule has 5 heteroatoms. The molecule has 100 valence electrons. The van der Waals surface area contributed by atoms with Crippen molar-refractivity contribution in [2.75, 3.05) is 5.73 Å². The normalized spacial score (nSPS) is 10.9. The van der Waals surface area contributed by atoms with Gasteiger partial charge < -0.3 is 5.73 Å². The monoisotopic (exact) mass is 283 g/mol. The van der Waals surface area contributed by atoms with Gasteiger partial charge in [0.2, 0.25) is 5.78 Å². The van der Waals surface area contributed by atoms with E-state index in [9.17, 15) is 4.79 Å². The SMILES string of the molecule is Cc1nnc2sc(C(=O)c3ccccc3)c(N)c2c1C. The van der Waals surface area contributed by atoms with Gasteiger partial charge in [0.05, 0.1) is 11.4 Å². The number of thiophene rings is 1. The Bertz CT molecular complexity index is 809. The molecule has 0 fully saturated rings. The molecule has 2 heterocycles. The standard InChI is InChI=1S/C15H13N3OS/c1-8-9(2)17-18-15-11(8)12(16)14(20-15)13(19)10-6-4-3-5-7-10/h3-7H,16H2,1-2H3. The van der Waals surface area contributed by atoms with Gasteiger partial charge in [0.25, 0.3) is 0 Å². The van der Waals surface area contributed by atoms with Crippen LogP contribution in [0.15, 0.2) is 30.3 Å². The fourth-order valence-electron chi connectivity index (χ4n) is 2.13. The van der Waals surface area contributed by atoms with E-state index in [0.717, 1.165) is 16.6 Å². The fourth-order valence-corrected chi connectivity index (χ4v) is 3.19. The molecule has 0 saturated carbocycles. The third-order valence-corrected chi connectivity index (χ3v) is 4.47. The number of aryl methyl sites for hydroxylation is 2. The second-order valence-corrected chi connectivity index (χ2v) is 5.63. The van der Waals surface area contributed by atoms with Crippen LogP contribution in [0, 0.1) is 13.8 Å². The summed E-state index contributed by atoms with van der Waals surface area (Å²) in [7, 11) is 0. The minimum Gasteiger partial charge on any atom is -0.397 e. The number of anilines is 1. The molecule has 4 nitrogen and oxygen atoms in total. The van der Waals surface area contributed by atoms with Gasteiger partial charge in [0, 0.05) is 10.9 Å². The van der Waals surface area contributed by atoms with E-state index in [-0.39, 0.29) is 5.78 Å². The maximum absolute atomic E-state index is 12.5. The van der Waals surface area contributed by atoms with Gasteiger partial charge in [-0.05, 0) is 19.4 Å². The molecule has 0 bridgehead atoms. The van der Waals surface area contributed by atoms with E-state index in [4.69, 9.17) is 5.73 Å². The van der Waals surface area contributed by atoms with Crippen LogP contribution < -0.4 is 5.73 Å². The van der Waals surface area contributed by atoms with Crippen LogP contribution in [0.5, 0.6) is 0 Å². The molecule has 0 saturated heterocycles. The number of aromatic nitrogens is 2. The summed E-state index contributed by atoms with van der Waals surface area (Å²) in [5.74, 6) is -0.0665. The number of carbonyl (C=O) groups excluding carboxylic acids is 1. The maximum atomic E-state index is 12.5. The number of nitrogens with two attached hydrogens (primary N) is 1. The summed E-state index contributed by atoms with van der Waals surface area (Å²) >= 11 is 1.30. The Morgan fingerprint density at radius 3 is 2.55 bits per heavy atom. The van der Waals surface area contributed by atoms with Crippen LogP contribution in [0.3, 0.4) is 0 Å². The first kappa shape index (κ1) is 12.7. The zero-order valence-electron chi connectivity index (χ0n) is 11.2. The summed E-state index contributed by atoms with van der Waals surface area (Å²) in [5, 5.41) is 9.07. The van der Waals surface area contributed by atoms with Crippen LogP contribution in [0.25, 0.3) is 10.2 Å². The molecule has 0 aliphatic heterocycles. The van der Waals surface area contributed by atoms with Gasteiger partial charge in [-0.1, -0.05) is 30.3 Å². The number of benzene rings is 1. The zero-order valence-corrected chi connectivity index (χ0v) is 12.0. The van der Waals surface area contributed by atoms with Crippen molar-refractivity contribution in [3.05, 3.63) is 52.0 Å². The molecule has 0 spiro atoms. The number of hydrogen-bond acceptors (Lipinski definition) is 5. The van der Waals surface area contributed by atoms with Crippen molar-refractivity contribution in [3.63, 3.8) is 0 Å². The molecule has 0 atom stereocenters. The van der Waals surface area contributed by atoms with Gasteiger partial charge in [-0.25, -0.2) is 0 Å². The van der Waals surface area contributed by atoms with E-state index in [1.54, 1.807) is 12.1 Å². The Labute approximate surface area is 120 Å². The molecule has 1 aromatic carbocycles. The predicted octanol–water partition coefficient (Wildman–Crippen LogP) is 3.12. The largest absolute Gasteiger partial charge is 0.397 e. The first-order valence-corrected chi connectivity index (χ1v) is 7.03. The summed E-state index contributed by atoms with van der Waals surface area (Å²) in [4.78, 5) is 13.8. The fraction of sp³-hybridized carbons (Fsp3) is 0.133. The van der Waals surface area contributed by atoms with Gasteiger partial charge in [0.1, 0.15) is 9.71 Å². The smallest absolute Gasteiger partial charge is 0.205 e. The average Bonchev–Trinajstić information content (AvgIpc) is 2.81. The number of rotatable bonds is 2. The van der Waals surface area contributed by atoms with Gasteiger partial charge in [-0.2, -0.15) is 5.10 Å². The molecule has 0 amide bonds. The molecule has 0 aliphatic rings. The van der Waals surface area contributed by atoms with Gasteiger partial charge in [0.15, 0.2) is 0 Å². The van der Waals surface area contributed by atoms with Gasteiger partial charge >= 0.3 is 0 Å². The zero-order chi connectivity index (χ0) is 14.3. The highest BCUT2D eigenvalue weighted by atomic mass is 32.1. The molecule has 0 aliphatic carbocycles. The van der Waals surface area contributed by atoms with E-state index >= 15 is 0 Å². The summed E-state index contributed by atoms with van der Waals surface area (Å²) in [6.45, 7) is 3.84. The Balaban J connectivity index is 2.21. The summed E-state index contributed by atoms with van der Waals surface area (Å²) in [5.41, 5.74) is 9.13. The quantitative estimate of drug-likeness (QED) is 0.734. The molecular formula is C15H13N3OS. The highest BCUT2D eigenvalue weighted by Gasteiger charge is 2.20. The number of carbonyl (C=O) groups is 1. The third-order valence-electron chi connectivity index (χ3n) is 3.38. The maximum Gasteiger partial charge on any atom is 0.205 e. The van der Waals surface area contributed by atoms with Crippen LogP contribution in [0.2, 0.25) is 0 Å². The highest BCUT2D eigenvalue weighted by Crippen LogP contribution is 2.36. The number of nitrogens with zero attached hydrogens (tertiary/aromatic N) is 2. The third kappa shape index (κ3) is 1.87. The lowest BCUT2D eigenvalue weighted by Gasteiger charge is -2.01. The molecule has 2 N–H and O–H groups in total. The van der Waals surface area contributed by atoms with Crippen molar-refractivity contribution >= 4 is 33.0 Å². The topological polar surface area (TPSA) is 68.9 Å². The summed E-state index contributed by atoms with van der Waals surface area (Å²) in [6, 6.07) is 9.13. The molecular weight excluding hydrogens is 270 g/mol. The predicted molar refractivity (Wildman–Crippen MR) is 81.2 cm³/mol. The number of fused-ring (bicyclic) bond motifs is 1. The molecule has 3 aromatic rings. The van der Waals surface area contributed by atoms with E-state index in [2.05, 4.69) is 10.2 Å². The van der Waals surface area contributed by atoms with Crippen molar-refractivity contribution in [1.29, 1.82) is 0 Å². The van der Waals surface area contributed by atoms with Crippen LogP contribution in [0.1, 0.15) is 26.5 Å². The number of nitrogen functional groups attached to an aromatic ring is 1. The molecule has 2 aromatic heterocycles. The van der Waals surface area contributed by atoms with Gasteiger partial charge in [-0.3, -0.25) is 4.79 Å². The van der Waals surface area contributed by atoms with Crippen LogP contribution in [-0.2, 0) is 0 Å².